The topological polar surface area (TPSA) is 71.3 Å². The van der Waals surface area contributed by atoms with Gasteiger partial charge in [-0.15, -0.1) is 0 Å². The molecule has 2 N–H and O–H groups in total. The molecule has 0 spiro atoms. The summed E-state index contributed by atoms with van der Waals surface area (Å²) >= 11 is 0. The van der Waals surface area contributed by atoms with Crippen LogP contribution in [0.25, 0.3) is 0 Å². The Kier molecular flexibility index (Phi) is 4.83. The van der Waals surface area contributed by atoms with Gasteiger partial charge in [0.2, 0.25) is 0 Å². The third kappa shape index (κ3) is 3.27. The second kappa shape index (κ2) is 7.03. The summed E-state index contributed by atoms with van der Waals surface area (Å²) in [6.45, 7) is 2.35. The van der Waals surface area contributed by atoms with Gasteiger partial charge in [0.1, 0.15) is 0 Å². The van der Waals surface area contributed by atoms with Gasteiger partial charge in [0.05, 0.1) is 43.7 Å². The van der Waals surface area contributed by atoms with E-state index in [1.807, 2.05) is 31.2 Å². The van der Waals surface area contributed by atoms with Gasteiger partial charge in [-0.1, -0.05) is 29.8 Å². The van der Waals surface area contributed by atoms with Crippen LogP contribution in [0.5, 0.6) is 11.5 Å². The summed E-state index contributed by atoms with van der Waals surface area (Å²) in [7, 11) is 1.50. The van der Waals surface area contributed by atoms with Crippen LogP contribution in [-0.2, 0) is 4.74 Å². The fourth-order valence-corrected chi connectivity index (χ4v) is 2.89. The zero-order chi connectivity index (χ0) is 17.1. The van der Waals surface area contributed by atoms with Crippen molar-refractivity contribution in [1.29, 1.82) is 0 Å². The minimum atomic E-state index is -0.207. The molecule has 24 heavy (non-hydrogen) atoms. The van der Waals surface area contributed by atoms with Gasteiger partial charge < -0.3 is 19.7 Å². The highest BCUT2D eigenvalue weighted by molar-refractivity contribution is 5.92. The number of methoxy groups -OCH3 is 1. The summed E-state index contributed by atoms with van der Waals surface area (Å²) in [6.07, 6.45) is -0.207. The van der Waals surface area contributed by atoms with Crippen LogP contribution in [0, 0.1) is 12.8 Å². The predicted octanol–water partition coefficient (Wildman–Crippen LogP) is 3.16. The maximum absolute atomic E-state index is 9.87. The molecule has 2 aromatic rings. The van der Waals surface area contributed by atoms with Gasteiger partial charge in [0, 0.05) is 6.07 Å². The standard InChI is InChI=1S/C19H21NO4/c1-12-3-5-13(6-4-12)19-15(10-21)16(11-24-19)20-14-7-8-18(23-2)17(22)9-14/h3-9,15,19,21-22H,10-11H2,1-2H3/t15-,19+/m0/s1. The van der Waals surface area contributed by atoms with Crippen molar-refractivity contribution in [3.8, 4) is 11.5 Å². The van der Waals surface area contributed by atoms with Crippen LogP contribution in [0.2, 0.25) is 0 Å². The number of aromatic hydroxyl groups is 1. The van der Waals surface area contributed by atoms with Crippen molar-refractivity contribution in [2.75, 3.05) is 20.3 Å². The summed E-state index contributed by atoms with van der Waals surface area (Å²) in [5, 5.41) is 19.7. The summed E-state index contributed by atoms with van der Waals surface area (Å²) in [6, 6.07) is 13.1. The van der Waals surface area contributed by atoms with Crippen LogP contribution >= 0.6 is 0 Å². The molecule has 0 amide bonds. The first-order valence-corrected chi connectivity index (χ1v) is 7.86. The van der Waals surface area contributed by atoms with Gasteiger partial charge in [-0.05, 0) is 24.6 Å². The van der Waals surface area contributed by atoms with E-state index in [0.29, 0.717) is 18.0 Å². The summed E-state index contributed by atoms with van der Waals surface area (Å²) < 4.78 is 10.9. The number of phenols is 1. The van der Waals surface area contributed by atoms with E-state index in [2.05, 4.69) is 4.99 Å². The average Bonchev–Trinajstić information content (AvgIpc) is 2.98. The fourth-order valence-electron chi connectivity index (χ4n) is 2.89. The van der Waals surface area contributed by atoms with Crippen LogP contribution in [0.1, 0.15) is 17.2 Å². The van der Waals surface area contributed by atoms with Crippen molar-refractivity contribution >= 4 is 11.4 Å². The van der Waals surface area contributed by atoms with Gasteiger partial charge in [0.25, 0.3) is 0 Å². The van der Waals surface area contributed by atoms with E-state index in [4.69, 9.17) is 9.47 Å². The fraction of sp³-hybridized carbons (Fsp3) is 0.316. The molecule has 0 unspecified atom stereocenters. The molecule has 0 radical (unpaired) electrons. The average molecular weight is 327 g/mol. The van der Waals surface area contributed by atoms with E-state index < -0.39 is 0 Å². The Morgan fingerprint density at radius 2 is 1.96 bits per heavy atom. The quantitative estimate of drug-likeness (QED) is 0.905. The van der Waals surface area contributed by atoms with Crippen molar-refractivity contribution < 1.29 is 19.7 Å². The molecule has 0 bridgehead atoms. The Hall–Kier alpha value is -2.37. The van der Waals surface area contributed by atoms with E-state index in [0.717, 1.165) is 11.3 Å². The largest absolute Gasteiger partial charge is 0.504 e. The molecule has 2 atom stereocenters. The number of nitrogens with zero attached hydrogens (tertiary/aromatic N) is 1. The Morgan fingerprint density at radius 1 is 1.21 bits per heavy atom. The number of benzene rings is 2. The third-order valence-corrected chi connectivity index (χ3v) is 4.24. The van der Waals surface area contributed by atoms with E-state index in [9.17, 15) is 10.2 Å². The molecule has 5 nitrogen and oxygen atoms in total. The third-order valence-electron chi connectivity index (χ3n) is 4.24. The van der Waals surface area contributed by atoms with Crippen LogP contribution in [0.15, 0.2) is 47.5 Å². The first-order chi connectivity index (χ1) is 11.6. The molecule has 1 heterocycles. The molecule has 0 aliphatic carbocycles. The first-order valence-electron chi connectivity index (χ1n) is 7.86. The number of hydrogen-bond donors (Lipinski definition) is 2. The molecule has 126 valence electrons. The number of phenolic OH excluding ortho intramolecular Hbond substituents is 1. The van der Waals surface area contributed by atoms with Gasteiger partial charge in [-0.25, -0.2) is 0 Å². The molecule has 0 aromatic heterocycles. The van der Waals surface area contributed by atoms with Crippen LogP contribution < -0.4 is 4.74 Å². The Labute approximate surface area is 141 Å². The Bertz CT molecular complexity index is 740. The summed E-state index contributed by atoms with van der Waals surface area (Å²) in [5.41, 5.74) is 3.59. The van der Waals surface area contributed by atoms with Crippen LogP contribution in [0.4, 0.5) is 5.69 Å². The lowest BCUT2D eigenvalue weighted by Crippen LogP contribution is -2.18. The Morgan fingerprint density at radius 3 is 2.58 bits per heavy atom. The zero-order valence-corrected chi connectivity index (χ0v) is 13.8. The van der Waals surface area contributed by atoms with E-state index in [-0.39, 0.29) is 24.4 Å². The first kappa shape index (κ1) is 16.5. The van der Waals surface area contributed by atoms with Crippen LogP contribution in [-0.4, -0.2) is 36.2 Å². The highest BCUT2D eigenvalue weighted by Crippen LogP contribution is 2.35. The predicted molar refractivity (Wildman–Crippen MR) is 92.2 cm³/mol. The van der Waals surface area contributed by atoms with Crippen molar-refractivity contribution in [2.24, 2.45) is 10.9 Å². The minimum Gasteiger partial charge on any atom is -0.504 e. The number of ether oxygens (including phenoxy) is 2. The molecule has 1 fully saturated rings. The van der Waals surface area contributed by atoms with Gasteiger partial charge in [-0.2, -0.15) is 0 Å². The lowest BCUT2D eigenvalue weighted by atomic mass is 9.94. The number of aliphatic hydroxyl groups is 1. The highest BCUT2D eigenvalue weighted by Gasteiger charge is 2.34. The van der Waals surface area contributed by atoms with E-state index >= 15 is 0 Å². The SMILES string of the molecule is COc1ccc(N=C2CO[C@H](c3ccc(C)cc3)[C@H]2CO)cc1O. The number of rotatable bonds is 4. The van der Waals surface area contributed by atoms with E-state index in [1.165, 1.54) is 12.7 Å². The van der Waals surface area contributed by atoms with Crippen molar-refractivity contribution in [2.45, 2.75) is 13.0 Å². The molecule has 3 rings (SSSR count). The van der Waals surface area contributed by atoms with Crippen molar-refractivity contribution in [3.05, 3.63) is 53.6 Å². The van der Waals surface area contributed by atoms with Crippen LogP contribution in [0.3, 0.4) is 0 Å². The van der Waals surface area contributed by atoms with Gasteiger partial charge in [-0.3, -0.25) is 4.99 Å². The molecule has 0 saturated carbocycles. The maximum Gasteiger partial charge on any atom is 0.160 e. The van der Waals surface area contributed by atoms with Crippen molar-refractivity contribution in [1.82, 2.24) is 0 Å². The number of aryl methyl sites for hydroxylation is 1. The summed E-state index contributed by atoms with van der Waals surface area (Å²) in [5.74, 6) is 0.240. The van der Waals surface area contributed by atoms with E-state index in [1.54, 1.807) is 18.2 Å². The molecular weight excluding hydrogens is 306 g/mol. The van der Waals surface area contributed by atoms with Gasteiger partial charge in [0.15, 0.2) is 11.5 Å². The number of hydrogen-bond acceptors (Lipinski definition) is 5. The molecule has 1 aliphatic heterocycles. The molecule has 2 aromatic carbocycles. The highest BCUT2D eigenvalue weighted by atomic mass is 16.5. The number of aliphatic hydroxyl groups excluding tert-OH is 1. The van der Waals surface area contributed by atoms with Crippen molar-refractivity contribution in [3.63, 3.8) is 0 Å². The summed E-state index contributed by atoms with van der Waals surface area (Å²) in [4.78, 5) is 4.56. The lowest BCUT2D eigenvalue weighted by molar-refractivity contribution is 0.0722. The molecule has 1 saturated heterocycles. The molecule has 5 heteroatoms. The second-order valence-electron chi connectivity index (χ2n) is 5.89. The normalized spacial score (nSPS) is 22.0. The monoisotopic (exact) mass is 327 g/mol. The minimum absolute atomic E-state index is 0.0360. The Balaban J connectivity index is 1.86. The zero-order valence-electron chi connectivity index (χ0n) is 13.8. The molecule has 1 aliphatic rings. The number of aliphatic imine (C=N–C) groups is 1. The lowest BCUT2D eigenvalue weighted by Gasteiger charge is -2.17. The maximum atomic E-state index is 9.87. The smallest absolute Gasteiger partial charge is 0.160 e. The molecular formula is C19H21NO4. The second-order valence-corrected chi connectivity index (χ2v) is 5.89. The van der Waals surface area contributed by atoms with Gasteiger partial charge >= 0.3 is 0 Å².